The molecule has 1 N–H and O–H groups in total. The van der Waals surface area contributed by atoms with Gasteiger partial charge in [0.15, 0.2) is 0 Å². The van der Waals surface area contributed by atoms with E-state index in [9.17, 15) is 0 Å². The summed E-state index contributed by atoms with van der Waals surface area (Å²) >= 11 is 0. The highest BCUT2D eigenvalue weighted by molar-refractivity contribution is 4.98. The van der Waals surface area contributed by atoms with Gasteiger partial charge in [-0.25, -0.2) is 0 Å². The minimum atomic E-state index is 0.760. The zero-order valence-electron chi connectivity index (χ0n) is 8.63. The number of hydrogen-bond acceptors (Lipinski definition) is 1. The molecule has 0 aromatic carbocycles. The quantitative estimate of drug-likeness (QED) is 0.643. The Morgan fingerprint density at radius 3 is 2.54 bits per heavy atom. The zero-order valence-corrected chi connectivity index (χ0v) is 8.63. The highest BCUT2D eigenvalue weighted by Crippen LogP contribution is 2.24. The number of nitrogens with one attached hydrogen (secondary N) is 1. The Labute approximate surface area is 81.6 Å². The van der Waals surface area contributed by atoms with E-state index in [1.165, 1.54) is 38.5 Å². The second kappa shape index (κ2) is 4.28. The molecule has 1 heteroatoms. The molecule has 0 aromatic heterocycles. The van der Waals surface area contributed by atoms with Crippen molar-refractivity contribution in [3.05, 3.63) is 12.2 Å². The normalized spacial score (nSPS) is 35.5. The molecular formula is C12H21N. The molecule has 1 nitrogen and oxygen atoms in total. The predicted molar refractivity (Wildman–Crippen MR) is 56.7 cm³/mol. The van der Waals surface area contributed by atoms with Crippen LogP contribution in [-0.2, 0) is 0 Å². The first-order valence-corrected chi connectivity index (χ1v) is 5.75. The van der Waals surface area contributed by atoms with Crippen LogP contribution in [0.1, 0.15) is 45.4 Å². The summed E-state index contributed by atoms with van der Waals surface area (Å²) < 4.78 is 0. The van der Waals surface area contributed by atoms with E-state index in [1.807, 2.05) is 0 Å². The van der Waals surface area contributed by atoms with Crippen molar-refractivity contribution in [2.24, 2.45) is 5.92 Å². The van der Waals surface area contributed by atoms with E-state index in [4.69, 9.17) is 0 Å². The molecule has 1 fully saturated rings. The Hall–Kier alpha value is -0.300. The fraction of sp³-hybridized carbons (Fsp3) is 0.833. The van der Waals surface area contributed by atoms with Crippen LogP contribution >= 0.6 is 0 Å². The average Bonchev–Trinajstić information content (AvgIpc) is 2.57. The van der Waals surface area contributed by atoms with Crippen LogP contribution < -0.4 is 5.32 Å². The van der Waals surface area contributed by atoms with E-state index < -0.39 is 0 Å². The van der Waals surface area contributed by atoms with Gasteiger partial charge in [0.2, 0.25) is 0 Å². The predicted octanol–water partition coefficient (Wildman–Crippen LogP) is 2.87. The summed E-state index contributed by atoms with van der Waals surface area (Å²) in [6, 6.07) is 1.57. The van der Waals surface area contributed by atoms with Crippen LogP contribution in [0.15, 0.2) is 12.2 Å². The van der Waals surface area contributed by atoms with Gasteiger partial charge in [0.25, 0.3) is 0 Å². The Kier molecular flexibility index (Phi) is 3.05. The van der Waals surface area contributed by atoms with E-state index in [1.54, 1.807) is 0 Å². The first-order valence-electron chi connectivity index (χ1n) is 5.75. The summed E-state index contributed by atoms with van der Waals surface area (Å²) in [5, 5.41) is 3.79. The van der Waals surface area contributed by atoms with Crippen molar-refractivity contribution in [2.45, 2.75) is 57.5 Å². The van der Waals surface area contributed by atoms with Crippen molar-refractivity contribution >= 4 is 0 Å². The molecule has 0 aromatic rings. The third-order valence-corrected chi connectivity index (χ3v) is 3.42. The van der Waals surface area contributed by atoms with E-state index in [-0.39, 0.29) is 0 Å². The third kappa shape index (κ3) is 2.57. The van der Waals surface area contributed by atoms with E-state index >= 15 is 0 Å². The standard InChI is InChI=1S/C12H21N/c1-10-5-4-8-12(9-10)13-11-6-2-3-7-11/h2-3,10-13H,4-9H2,1H3. The molecule has 74 valence electrons. The molecule has 0 spiro atoms. The molecule has 2 atom stereocenters. The summed E-state index contributed by atoms with van der Waals surface area (Å²) in [6.45, 7) is 2.39. The van der Waals surface area contributed by atoms with Crippen LogP contribution in [0.5, 0.6) is 0 Å². The second-order valence-electron chi connectivity index (χ2n) is 4.78. The molecule has 0 bridgehead atoms. The maximum Gasteiger partial charge on any atom is 0.0139 e. The van der Waals surface area contributed by atoms with Crippen molar-refractivity contribution < 1.29 is 0 Å². The maximum absolute atomic E-state index is 3.79. The molecule has 0 aliphatic heterocycles. The molecule has 0 amide bonds. The highest BCUT2D eigenvalue weighted by Gasteiger charge is 2.21. The van der Waals surface area contributed by atoms with Gasteiger partial charge in [0.05, 0.1) is 0 Å². The van der Waals surface area contributed by atoms with Gasteiger partial charge >= 0.3 is 0 Å². The van der Waals surface area contributed by atoms with E-state index in [2.05, 4.69) is 24.4 Å². The molecule has 2 unspecified atom stereocenters. The molecule has 2 aliphatic rings. The van der Waals surface area contributed by atoms with Crippen molar-refractivity contribution in [3.63, 3.8) is 0 Å². The first kappa shape index (κ1) is 9.26. The number of rotatable bonds is 2. The fourth-order valence-corrected chi connectivity index (χ4v) is 2.67. The Balaban J connectivity index is 1.74. The minimum Gasteiger partial charge on any atom is -0.311 e. The van der Waals surface area contributed by atoms with Gasteiger partial charge in [-0.2, -0.15) is 0 Å². The molecule has 0 heterocycles. The monoisotopic (exact) mass is 179 g/mol. The van der Waals surface area contributed by atoms with Crippen molar-refractivity contribution in [1.82, 2.24) is 5.32 Å². The first-order chi connectivity index (χ1) is 6.34. The van der Waals surface area contributed by atoms with Crippen LogP contribution in [-0.4, -0.2) is 12.1 Å². The molecule has 2 rings (SSSR count). The van der Waals surface area contributed by atoms with E-state index in [0.29, 0.717) is 0 Å². The lowest BCUT2D eigenvalue weighted by atomic mass is 9.86. The van der Waals surface area contributed by atoms with Gasteiger partial charge in [-0.15, -0.1) is 0 Å². The largest absolute Gasteiger partial charge is 0.311 e. The average molecular weight is 179 g/mol. The lowest BCUT2D eigenvalue weighted by Gasteiger charge is -2.30. The SMILES string of the molecule is CC1CCCC(NC2CC=CC2)C1. The molecular weight excluding hydrogens is 158 g/mol. The Bertz CT molecular complexity index is 178. The van der Waals surface area contributed by atoms with Crippen molar-refractivity contribution in [3.8, 4) is 0 Å². The molecule has 1 saturated carbocycles. The topological polar surface area (TPSA) is 12.0 Å². The molecule has 0 saturated heterocycles. The lowest BCUT2D eigenvalue weighted by molar-refractivity contribution is 0.282. The van der Waals surface area contributed by atoms with Crippen molar-refractivity contribution in [2.75, 3.05) is 0 Å². The summed E-state index contributed by atoms with van der Waals surface area (Å²) in [4.78, 5) is 0. The molecule has 13 heavy (non-hydrogen) atoms. The zero-order chi connectivity index (χ0) is 9.10. The van der Waals surface area contributed by atoms with Gasteiger partial charge in [-0.05, 0) is 31.6 Å². The minimum absolute atomic E-state index is 0.760. The van der Waals surface area contributed by atoms with Gasteiger partial charge in [0, 0.05) is 12.1 Å². The fourth-order valence-electron chi connectivity index (χ4n) is 2.67. The third-order valence-electron chi connectivity index (χ3n) is 3.42. The Morgan fingerprint density at radius 1 is 1.08 bits per heavy atom. The lowest BCUT2D eigenvalue weighted by Crippen LogP contribution is -2.39. The van der Waals surface area contributed by atoms with Gasteiger partial charge in [0.1, 0.15) is 0 Å². The van der Waals surface area contributed by atoms with Gasteiger partial charge in [-0.3, -0.25) is 0 Å². The van der Waals surface area contributed by atoms with Crippen LogP contribution in [0.2, 0.25) is 0 Å². The summed E-state index contributed by atoms with van der Waals surface area (Å²) in [7, 11) is 0. The van der Waals surface area contributed by atoms with Crippen LogP contribution in [0.25, 0.3) is 0 Å². The summed E-state index contributed by atoms with van der Waals surface area (Å²) in [5.41, 5.74) is 0. The van der Waals surface area contributed by atoms with Crippen molar-refractivity contribution in [1.29, 1.82) is 0 Å². The molecule has 2 aliphatic carbocycles. The summed E-state index contributed by atoms with van der Waals surface area (Å²) in [5.74, 6) is 0.945. The Morgan fingerprint density at radius 2 is 1.85 bits per heavy atom. The van der Waals surface area contributed by atoms with Crippen LogP contribution in [0, 0.1) is 5.92 Å². The van der Waals surface area contributed by atoms with Gasteiger partial charge in [-0.1, -0.05) is 31.9 Å². The van der Waals surface area contributed by atoms with Crippen LogP contribution in [0.3, 0.4) is 0 Å². The molecule has 0 radical (unpaired) electrons. The second-order valence-corrected chi connectivity index (χ2v) is 4.78. The number of hydrogen-bond donors (Lipinski definition) is 1. The van der Waals surface area contributed by atoms with Gasteiger partial charge < -0.3 is 5.32 Å². The maximum atomic E-state index is 3.79. The van der Waals surface area contributed by atoms with Crippen LogP contribution in [0.4, 0.5) is 0 Å². The highest BCUT2D eigenvalue weighted by atomic mass is 15.0. The summed E-state index contributed by atoms with van der Waals surface area (Å²) in [6.07, 6.45) is 12.8. The smallest absolute Gasteiger partial charge is 0.0139 e. The van der Waals surface area contributed by atoms with E-state index in [0.717, 1.165) is 18.0 Å².